The lowest BCUT2D eigenvalue weighted by Gasteiger charge is -2.19. The van der Waals surface area contributed by atoms with Gasteiger partial charge in [-0.15, -0.1) is 0 Å². The lowest BCUT2D eigenvalue weighted by atomic mass is 10.0. The number of likely N-dealkylation sites (tertiary alicyclic amines) is 1. The summed E-state index contributed by atoms with van der Waals surface area (Å²) in [6, 6.07) is 8.43. The number of nitrogens with one attached hydrogen (secondary N) is 1. The molecule has 120 valence electrons. The largest absolute Gasteiger partial charge is 0.358 e. The van der Waals surface area contributed by atoms with Crippen molar-refractivity contribution in [1.29, 1.82) is 0 Å². The molecule has 0 aliphatic carbocycles. The molecule has 0 radical (unpaired) electrons. The molecule has 1 saturated heterocycles. The van der Waals surface area contributed by atoms with E-state index in [0.29, 0.717) is 5.75 Å². The molecule has 0 bridgehead atoms. The highest BCUT2D eigenvalue weighted by atomic mass is 32.2. The Morgan fingerprint density at radius 2 is 1.95 bits per heavy atom. The predicted molar refractivity (Wildman–Crippen MR) is 98.2 cm³/mol. The minimum Gasteiger partial charge on any atom is -0.358 e. The number of nitrogens with zero attached hydrogens (tertiary/aromatic N) is 1. The molecule has 1 aromatic rings. The maximum Gasteiger partial charge on any atom is 0.230 e. The molecule has 3 nitrogen and oxygen atoms in total. The summed E-state index contributed by atoms with van der Waals surface area (Å²) in [6.45, 7) is 6.23. The Morgan fingerprint density at radius 3 is 2.55 bits per heavy atom. The summed E-state index contributed by atoms with van der Waals surface area (Å²) in [7, 11) is 0. The van der Waals surface area contributed by atoms with Gasteiger partial charge in [0.15, 0.2) is 0 Å². The Bertz CT molecular complexity index is 510. The number of hydrogen-bond acceptors (Lipinski definition) is 3. The molecule has 22 heavy (non-hydrogen) atoms. The van der Waals surface area contributed by atoms with Gasteiger partial charge in [-0.2, -0.15) is 0 Å². The van der Waals surface area contributed by atoms with Crippen molar-refractivity contribution in [1.82, 2.24) is 10.2 Å². The van der Waals surface area contributed by atoms with Gasteiger partial charge in [-0.25, -0.2) is 0 Å². The quantitative estimate of drug-likeness (QED) is 0.832. The summed E-state index contributed by atoms with van der Waals surface area (Å²) in [5.41, 5.74) is 2.39. The highest BCUT2D eigenvalue weighted by Crippen LogP contribution is 2.19. The first-order valence-electron chi connectivity index (χ1n) is 7.87. The Hall–Kier alpha value is -1.07. The fraction of sp³-hybridized carbons (Fsp3) is 0.529. The van der Waals surface area contributed by atoms with Crippen LogP contribution in [0.5, 0.6) is 0 Å². The van der Waals surface area contributed by atoms with Gasteiger partial charge in [0, 0.05) is 13.1 Å². The molecule has 5 heteroatoms. The Morgan fingerprint density at radius 1 is 1.32 bits per heavy atom. The standard InChI is InChI=1S/C17H24N2OS2/c1-3-15(14-8-6-13(2)7-9-14)18-16(20)12-22-17(21)19-10-4-5-11-19/h6-9,15H,3-5,10-12H2,1-2H3,(H,18,20)/t15-/m1/s1. The van der Waals surface area contributed by atoms with Crippen molar-refractivity contribution in [3.63, 3.8) is 0 Å². The zero-order valence-corrected chi connectivity index (χ0v) is 14.9. The maximum absolute atomic E-state index is 12.2. The van der Waals surface area contributed by atoms with Crippen LogP contribution in [0.3, 0.4) is 0 Å². The molecule has 0 saturated carbocycles. The van der Waals surface area contributed by atoms with Gasteiger partial charge < -0.3 is 10.2 Å². The molecule has 1 amide bonds. The van der Waals surface area contributed by atoms with E-state index < -0.39 is 0 Å². The van der Waals surface area contributed by atoms with Crippen LogP contribution in [0.25, 0.3) is 0 Å². The molecule has 1 fully saturated rings. The first kappa shape index (κ1) is 17.3. The van der Waals surface area contributed by atoms with E-state index in [1.54, 1.807) is 0 Å². The lowest BCUT2D eigenvalue weighted by molar-refractivity contribution is -0.119. The van der Waals surface area contributed by atoms with Crippen molar-refractivity contribution in [3.8, 4) is 0 Å². The van der Waals surface area contributed by atoms with Gasteiger partial charge in [0.05, 0.1) is 11.8 Å². The van der Waals surface area contributed by atoms with Crippen molar-refractivity contribution >= 4 is 34.2 Å². The highest BCUT2D eigenvalue weighted by molar-refractivity contribution is 8.23. The van der Waals surface area contributed by atoms with E-state index >= 15 is 0 Å². The number of hydrogen-bond donors (Lipinski definition) is 1. The SMILES string of the molecule is CC[C@@H](NC(=O)CSC(=S)N1CCCC1)c1ccc(C)cc1. The van der Waals surface area contributed by atoms with E-state index in [0.717, 1.165) is 29.4 Å². The Kier molecular flexibility index (Phi) is 6.70. The summed E-state index contributed by atoms with van der Waals surface area (Å²) in [5.74, 6) is 0.455. The van der Waals surface area contributed by atoms with Crippen molar-refractivity contribution in [2.45, 2.75) is 39.2 Å². The molecule has 0 aromatic heterocycles. The van der Waals surface area contributed by atoms with Crippen molar-refractivity contribution in [2.75, 3.05) is 18.8 Å². The van der Waals surface area contributed by atoms with Gasteiger partial charge in [0.2, 0.25) is 5.91 Å². The van der Waals surface area contributed by atoms with Crippen molar-refractivity contribution in [3.05, 3.63) is 35.4 Å². The number of carbonyl (C=O) groups excluding carboxylic acids is 1. The van der Waals surface area contributed by atoms with E-state index in [4.69, 9.17) is 12.2 Å². The molecular formula is C17H24N2OS2. The molecule has 1 heterocycles. The first-order chi connectivity index (χ1) is 10.6. The Labute approximate surface area is 142 Å². The number of rotatable bonds is 5. The molecule has 0 spiro atoms. The summed E-state index contributed by atoms with van der Waals surface area (Å²) < 4.78 is 0.857. The number of aryl methyl sites for hydroxylation is 1. The van der Waals surface area contributed by atoms with E-state index in [1.807, 2.05) is 0 Å². The normalized spacial score (nSPS) is 15.6. The number of carbonyl (C=O) groups is 1. The van der Waals surface area contributed by atoms with Crippen LogP contribution in [0.15, 0.2) is 24.3 Å². The van der Waals surface area contributed by atoms with Crippen LogP contribution in [-0.2, 0) is 4.79 Å². The molecule has 1 N–H and O–H groups in total. The fourth-order valence-corrected chi connectivity index (χ4v) is 3.64. The number of thioether (sulfide) groups is 1. The highest BCUT2D eigenvalue weighted by Gasteiger charge is 2.17. The van der Waals surface area contributed by atoms with Crippen molar-refractivity contribution < 1.29 is 4.79 Å². The molecule has 1 atom stereocenters. The minimum atomic E-state index is 0.0546. The van der Waals surface area contributed by atoms with E-state index in [-0.39, 0.29) is 11.9 Å². The monoisotopic (exact) mass is 336 g/mol. The summed E-state index contributed by atoms with van der Waals surface area (Å²) in [6.07, 6.45) is 3.30. The minimum absolute atomic E-state index is 0.0546. The van der Waals surface area contributed by atoms with Crippen LogP contribution >= 0.6 is 24.0 Å². The topological polar surface area (TPSA) is 32.3 Å². The second kappa shape index (κ2) is 8.53. The van der Waals surface area contributed by atoms with Crippen LogP contribution in [0, 0.1) is 6.92 Å². The molecule has 0 unspecified atom stereocenters. The summed E-state index contributed by atoms with van der Waals surface area (Å²) in [4.78, 5) is 14.4. The number of amides is 1. The zero-order valence-electron chi connectivity index (χ0n) is 13.3. The summed E-state index contributed by atoms with van der Waals surface area (Å²) >= 11 is 6.87. The van der Waals surface area contributed by atoms with Gasteiger partial charge >= 0.3 is 0 Å². The zero-order chi connectivity index (χ0) is 15.9. The fourth-order valence-electron chi connectivity index (χ4n) is 2.57. The van der Waals surface area contributed by atoms with Crippen LogP contribution < -0.4 is 5.32 Å². The van der Waals surface area contributed by atoms with Gasteiger partial charge in [-0.3, -0.25) is 4.79 Å². The molecule has 1 aromatic carbocycles. The third-order valence-corrected chi connectivity index (χ3v) is 5.44. The predicted octanol–water partition coefficient (Wildman–Crippen LogP) is 3.68. The molecule has 1 aliphatic heterocycles. The second-order valence-electron chi connectivity index (χ2n) is 5.69. The van der Waals surface area contributed by atoms with Gasteiger partial charge in [-0.05, 0) is 31.7 Å². The van der Waals surface area contributed by atoms with Crippen LogP contribution in [0.4, 0.5) is 0 Å². The van der Waals surface area contributed by atoms with Crippen molar-refractivity contribution in [2.24, 2.45) is 0 Å². The molecule has 1 aliphatic rings. The van der Waals surface area contributed by atoms with E-state index in [1.165, 1.54) is 30.2 Å². The summed E-state index contributed by atoms with van der Waals surface area (Å²) in [5, 5.41) is 3.11. The van der Waals surface area contributed by atoms with Crippen LogP contribution in [0.2, 0.25) is 0 Å². The lowest BCUT2D eigenvalue weighted by Crippen LogP contribution is -2.31. The van der Waals surface area contributed by atoms with E-state index in [2.05, 4.69) is 48.3 Å². The van der Waals surface area contributed by atoms with Gasteiger partial charge in [0.1, 0.15) is 4.32 Å². The number of benzene rings is 1. The van der Waals surface area contributed by atoms with Crippen LogP contribution in [0.1, 0.15) is 43.4 Å². The van der Waals surface area contributed by atoms with Crippen LogP contribution in [-0.4, -0.2) is 34.0 Å². The van der Waals surface area contributed by atoms with E-state index in [9.17, 15) is 4.79 Å². The second-order valence-corrected chi connectivity index (χ2v) is 7.30. The first-order valence-corrected chi connectivity index (χ1v) is 9.27. The third-order valence-electron chi connectivity index (χ3n) is 3.91. The number of thiocarbonyl (C=S) groups is 1. The van der Waals surface area contributed by atoms with Gasteiger partial charge in [-0.1, -0.05) is 60.7 Å². The Balaban J connectivity index is 1.81. The average molecular weight is 337 g/mol. The smallest absolute Gasteiger partial charge is 0.230 e. The molecule has 2 rings (SSSR count). The third kappa shape index (κ3) is 4.99. The van der Waals surface area contributed by atoms with Gasteiger partial charge in [0.25, 0.3) is 0 Å². The average Bonchev–Trinajstić information content (AvgIpc) is 3.05. The molecular weight excluding hydrogens is 312 g/mol. The maximum atomic E-state index is 12.2.